The number of hydrogen-bond donors (Lipinski definition) is 1. The van der Waals surface area contributed by atoms with Crippen LogP contribution >= 0.6 is 0 Å². The molecule has 0 radical (unpaired) electrons. The molecule has 0 bridgehead atoms. The lowest BCUT2D eigenvalue weighted by molar-refractivity contribution is -0.108. The van der Waals surface area contributed by atoms with Gasteiger partial charge in [-0.2, -0.15) is 0 Å². The van der Waals surface area contributed by atoms with E-state index >= 15 is 0 Å². The van der Waals surface area contributed by atoms with Crippen molar-refractivity contribution in [3.05, 3.63) is 11.6 Å². The van der Waals surface area contributed by atoms with E-state index in [-0.39, 0.29) is 0 Å². The lowest BCUT2D eigenvalue weighted by Gasteiger charge is -1.90. The third-order valence-corrected chi connectivity index (χ3v) is 2.17. The predicted octanol–water partition coefficient (Wildman–Crippen LogP) is 4.09. The van der Waals surface area contributed by atoms with E-state index in [9.17, 15) is 9.59 Å². The first-order chi connectivity index (χ1) is 9.17. The minimum atomic E-state index is 0.344. The number of rotatable bonds is 8. The van der Waals surface area contributed by atoms with Crippen molar-refractivity contribution in [1.29, 1.82) is 0 Å². The molecule has 114 valence electrons. The molecule has 0 aromatic rings. The van der Waals surface area contributed by atoms with Crippen molar-refractivity contribution in [3.63, 3.8) is 0 Å². The Morgan fingerprint density at radius 3 is 1.68 bits per heavy atom. The molecule has 19 heavy (non-hydrogen) atoms. The van der Waals surface area contributed by atoms with E-state index in [1.807, 2.05) is 19.9 Å². The van der Waals surface area contributed by atoms with Crippen LogP contribution in [-0.4, -0.2) is 24.3 Å². The Hall–Kier alpha value is -0.960. The Morgan fingerprint density at radius 2 is 1.53 bits per heavy atom. The second-order valence-electron chi connectivity index (χ2n) is 4.07. The van der Waals surface area contributed by atoms with Gasteiger partial charge in [-0.25, -0.2) is 0 Å². The molecule has 0 aromatic carbocycles. The van der Waals surface area contributed by atoms with Gasteiger partial charge in [0.05, 0.1) is 0 Å². The van der Waals surface area contributed by atoms with Crippen LogP contribution in [-0.2, 0) is 9.59 Å². The third-order valence-electron chi connectivity index (χ3n) is 2.17. The summed E-state index contributed by atoms with van der Waals surface area (Å²) in [6.45, 7) is 8.48. The van der Waals surface area contributed by atoms with Crippen LogP contribution in [0.3, 0.4) is 0 Å². The maximum Gasteiger partial charge on any atom is 0.145 e. The summed E-state index contributed by atoms with van der Waals surface area (Å²) in [7, 11) is 0. The fourth-order valence-electron chi connectivity index (χ4n) is 0.881. The smallest absolute Gasteiger partial charge is 0.145 e. The minimum Gasteiger partial charge on any atom is -0.396 e. The molecule has 3 nitrogen and oxygen atoms in total. The summed E-state index contributed by atoms with van der Waals surface area (Å²) in [4.78, 5) is 19.6. The van der Waals surface area contributed by atoms with E-state index in [0.717, 1.165) is 56.7 Å². The third kappa shape index (κ3) is 31.6. The van der Waals surface area contributed by atoms with Gasteiger partial charge in [0, 0.05) is 13.0 Å². The molecule has 0 heterocycles. The Labute approximate surface area is 119 Å². The van der Waals surface area contributed by atoms with Crippen molar-refractivity contribution in [2.24, 2.45) is 0 Å². The number of carbonyl (C=O) groups is 2. The molecule has 0 rings (SSSR count). The maximum absolute atomic E-state index is 10.2. The molecule has 0 aromatic heterocycles. The fourth-order valence-corrected chi connectivity index (χ4v) is 0.881. The highest BCUT2D eigenvalue weighted by molar-refractivity contribution is 5.72. The van der Waals surface area contributed by atoms with Crippen LogP contribution in [0.4, 0.5) is 0 Å². The van der Waals surface area contributed by atoms with E-state index < -0.39 is 0 Å². The summed E-state index contributed by atoms with van der Waals surface area (Å²) in [5.74, 6) is 0. The second kappa shape index (κ2) is 25.8. The molecule has 0 aliphatic heterocycles. The average molecular weight is 272 g/mol. The maximum atomic E-state index is 10.2. The normalized spacial score (nSPS) is 9.63. The molecule has 0 aliphatic carbocycles. The molecule has 0 fully saturated rings. The highest BCUT2D eigenvalue weighted by Gasteiger charge is 1.86. The zero-order valence-corrected chi connectivity index (χ0v) is 13.2. The van der Waals surface area contributed by atoms with Crippen LogP contribution in [0.15, 0.2) is 11.6 Å². The molecule has 0 aliphatic rings. The number of carbonyl (C=O) groups excluding carboxylic acids is 2. The van der Waals surface area contributed by atoms with E-state index in [0.29, 0.717) is 13.0 Å². The van der Waals surface area contributed by atoms with E-state index in [1.54, 1.807) is 0 Å². The summed E-state index contributed by atoms with van der Waals surface area (Å²) in [6, 6.07) is 0. The number of aliphatic hydroxyl groups is 1. The van der Waals surface area contributed by atoms with Gasteiger partial charge in [-0.3, -0.25) is 4.79 Å². The zero-order valence-electron chi connectivity index (χ0n) is 13.2. The number of allylic oxidation sites excluding steroid dienone is 2. The van der Waals surface area contributed by atoms with Gasteiger partial charge in [0.25, 0.3) is 0 Å². The van der Waals surface area contributed by atoms with E-state index in [1.165, 1.54) is 0 Å². The fraction of sp³-hybridized carbons (Fsp3) is 0.750. The highest BCUT2D eigenvalue weighted by Crippen LogP contribution is 1.99. The molecule has 0 amide bonds. The molecular weight excluding hydrogens is 240 g/mol. The largest absolute Gasteiger partial charge is 0.396 e. The van der Waals surface area contributed by atoms with E-state index in [2.05, 4.69) is 13.8 Å². The standard InChI is InChI=1S/C8H14O.C4H10O.C4H8O/c1-3-5-6-8(4-2)7-9;2*1-2-3-4-5/h6-7H,3-5H2,1-2H3;5H,2-4H2,1H3;4H,2-3H2,1H3/b8-6+;;. The first kappa shape index (κ1) is 23.2. The van der Waals surface area contributed by atoms with Crippen LogP contribution in [0.2, 0.25) is 0 Å². The van der Waals surface area contributed by atoms with Gasteiger partial charge in [-0.05, 0) is 31.3 Å². The Bertz CT molecular complexity index is 196. The van der Waals surface area contributed by atoms with Gasteiger partial charge in [0.15, 0.2) is 0 Å². The average Bonchev–Trinajstić information content (AvgIpc) is 2.43. The highest BCUT2D eigenvalue weighted by atomic mass is 16.2. The first-order valence-corrected chi connectivity index (χ1v) is 7.36. The van der Waals surface area contributed by atoms with Gasteiger partial charge in [0.2, 0.25) is 0 Å². The van der Waals surface area contributed by atoms with Crippen molar-refractivity contribution < 1.29 is 14.7 Å². The van der Waals surface area contributed by atoms with Crippen molar-refractivity contribution in [2.75, 3.05) is 6.61 Å². The quantitative estimate of drug-likeness (QED) is 0.535. The van der Waals surface area contributed by atoms with Crippen LogP contribution in [0.5, 0.6) is 0 Å². The van der Waals surface area contributed by atoms with Crippen LogP contribution < -0.4 is 0 Å². The van der Waals surface area contributed by atoms with Crippen molar-refractivity contribution >= 4 is 12.6 Å². The number of aliphatic hydroxyl groups excluding tert-OH is 1. The second-order valence-corrected chi connectivity index (χ2v) is 4.07. The Balaban J connectivity index is -0.000000219. The summed E-state index contributed by atoms with van der Waals surface area (Å²) in [5, 5.41) is 8.07. The van der Waals surface area contributed by atoms with Crippen molar-refractivity contribution in [1.82, 2.24) is 0 Å². The van der Waals surface area contributed by atoms with Crippen LogP contribution in [0, 0.1) is 0 Å². The van der Waals surface area contributed by atoms with Gasteiger partial charge in [0.1, 0.15) is 12.6 Å². The van der Waals surface area contributed by atoms with Gasteiger partial charge in [-0.15, -0.1) is 0 Å². The number of unbranched alkanes of at least 4 members (excludes halogenated alkanes) is 3. The molecule has 0 saturated carbocycles. The topological polar surface area (TPSA) is 54.4 Å². The molecular formula is C16H32O3. The van der Waals surface area contributed by atoms with Crippen LogP contribution in [0.25, 0.3) is 0 Å². The SMILES string of the molecule is CCC/C=C(/C=O)CC.CCCC=O.CCCCO. The molecule has 0 atom stereocenters. The summed E-state index contributed by atoms with van der Waals surface area (Å²) in [5.41, 5.74) is 0.928. The minimum absolute atomic E-state index is 0.344. The first-order valence-electron chi connectivity index (χ1n) is 7.36. The molecule has 0 spiro atoms. The summed E-state index contributed by atoms with van der Waals surface area (Å²) < 4.78 is 0. The molecule has 0 unspecified atom stereocenters. The Kier molecular flexibility index (Phi) is 31.4. The Morgan fingerprint density at radius 1 is 0.947 bits per heavy atom. The van der Waals surface area contributed by atoms with Crippen molar-refractivity contribution in [2.45, 2.75) is 72.6 Å². The lowest BCUT2D eigenvalue weighted by atomic mass is 10.2. The van der Waals surface area contributed by atoms with Crippen molar-refractivity contribution in [3.8, 4) is 0 Å². The van der Waals surface area contributed by atoms with Gasteiger partial charge < -0.3 is 9.90 Å². The van der Waals surface area contributed by atoms with Gasteiger partial charge in [-0.1, -0.05) is 46.6 Å². The van der Waals surface area contributed by atoms with Gasteiger partial charge >= 0.3 is 0 Å². The van der Waals surface area contributed by atoms with Crippen LogP contribution in [0.1, 0.15) is 72.6 Å². The summed E-state index contributed by atoms with van der Waals surface area (Å²) >= 11 is 0. The van der Waals surface area contributed by atoms with E-state index in [4.69, 9.17) is 5.11 Å². The zero-order chi connectivity index (χ0) is 15.4. The molecule has 3 heteroatoms. The summed E-state index contributed by atoms with van der Waals surface area (Å²) in [6.07, 6.45) is 10.6. The monoisotopic (exact) mass is 272 g/mol. The number of aldehydes is 2. The lowest BCUT2D eigenvalue weighted by Crippen LogP contribution is -1.80. The molecule has 1 N–H and O–H groups in total. The predicted molar refractivity (Wildman–Crippen MR) is 82.3 cm³/mol. The molecule has 0 saturated heterocycles. The number of hydrogen-bond acceptors (Lipinski definition) is 3.